The molecule has 0 fully saturated rings. The molecule has 5 nitrogen and oxygen atoms in total. The molecule has 0 aliphatic heterocycles. The summed E-state index contributed by atoms with van der Waals surface area (Å²) >= 11 is 0. The number of ether oxygens (including phenoxy) is 1. The van der Waals surface area contributed by atoms with Crippen molar-refractivity contribution >= 4 is 5.65 Å². The molecule has 0 aliphatic carbocycles. The maximum atomic E-state index is 5.68. The van der Waals surface area contributed by atoms with E-state index < -0.39 is 0 Å². The Hall–Kier alpha value is -2.43. The number of aromatic nitrogens is 4. The monoisotopic (exact) mass is 226 g/mol. The van der Waals surface area contributed by atoms with E-state index in [2.05, 4.69) is 15.2 Å². The molecule has 84 valence electrons. The average Bonchev–Trinajstić information content (AvgIpc) is 2.86. The second kappa shape index (κ2) is 4.21. The maximum Gasteiger partial charge on any atom is 0.220 e. The van der Waals surface area contributed by atoms with E-state index in [1.165, 1.54) is 0 Å². The molecule has 17 heavy (non-hydrogen) atoms. The van der Waals surface area contributed by atoms with Gasteiger partial charge in [-0.15, -0.1) is 10.2 Å². The van der Waals surface area contributed by atoms with Crippen LogP contribution in [0.2, 0.25) is 0 Å². The number of hydrogen-bond acceptors (Lipinski definition) is 4. The van der Waals surface area contributed by atoms with E-state index in [0.717, 1.165) is 5.56 Å². The number of rotatable bonds is 3. The second-order valence-corrected chi connectivity index (χ2v) is 3.58. The Morgan fingerprint density at radius 2 is 2.00 bits per heavy atom. The lowest BCUT2D eigenvalue weighted by atomic mass is 10.2. The fourth-order valence-corrected chi connectivity index (χ4v) is 1.57. The molecule has 0 spiro atoms. The summed E-state index contributed by atoms with van der Waals surface area (Å²) < 4.78 is 7.44. The highest BCUT2D eigenvalue weighted by Crippen LogP contribution is 2.12. The molecule has 3 aromatic rings. The van der Waals surface area contributed by atoms with Crippen molar-refractivity contribution in [2.24, 2.45) is 0 Å². The molecule has 0 bridgehead atoms. The van der Waals surface area contributed by atoms with Gasteiger partial charge in [0.2, 0.25) is 5.88 Å². The van der Waals surface area contributed by atoms with E-state index in [1.807, 2.05) is 30.3 Å². The average molecular weight is 226 g/mol. The SMILES string of the molecule is c1ccc(COc2cncc3nncn23)cc1. The zero-order valence-corrected chi connectivity index (χ0v) is 9.02. The summed E-state index contributed by atoms with van der Waals surface area (Å²) in [5.41, 5.74) is 1.79. The van der Waals surface area contributed by atoms with E-state index in [4.69, 9.17) is 4.74 Å². The Morgan fingerprint density at radius 3 is 2.88 bits per heavy atom. The molecular weight excluding hydrogens is 216 g/mol. The summed E-state index contributed by atoms with van der Waals surface area (Å²) in [5.74, 6) is 0.636. The van der Waals surface area contributed by atoms with Crippen LogP contribution >= 0.6 is 0 Å². The molecule has 1 aromatic carbocycles. The molecule has 3 rings (SSSR count). The van der Waals surface area contributed by atoms with Crippen LogP contribution in [0.5, 0.6) is 5.88 Å². The first-order valence-electron chi connectivity index (χ1n) is 5.24. The lowest BCUT2D eigenvalue weighted by Crippen LogP contribution is -2.00. The number of hydrogen-bond donors (Lipinski definition) is 0. The highest BCUT2D eigenvalue weighted by atomic mass is 16.5. The smallest absolute Gasteiger partial charge is 0.220 e. The predicted octanol–water partition coefficient (Wildman–Crippen LogP) is 1.70. The van der Waals surface area contributed by atoms with Gasteiger partial charge in [0.1, 0.15) is 12.9 Å². The normalized spacial score (nSPS) is 10.6. The van der Waals surface area contributed by atoms with Crippen LogP contribution in [0.25, 0.3) is 5.65 Å². The zero-order chi connectivity index (χ0) is 11.5. The van der Waals surface area contributed by atoms with Crippen molar-refractivity contribution in [3.05, 3.63) is 54.6 Å². The van der Waals surface area contributed by atoms with Gasteiger partial charge in [0.05, 0.1) is 12.4 Å². The third-order valence-electron chi connectivity index (χ3n) is 2.42. The first kappa shape index (κ1) is 9.77. The Morgan fingerprint density at radius 1 is 1.12 bits per heavy atom. The van der Waals surface area contributed by atoms with E-state index >= 15 is 0 Å². The van der Waals surface area contributed by atoms with Crippen molar-refractivity contribution in [2.75, 3.05) is 0 Å². The summed E-state index contributed by atoms with van der Waals surface area (Å²) in [6.07, 6.45) is 4.90. The van der Waals surface area contributed by atoms with E-state index in [1.54, 1.807) is 23.1 Å². The summed E-state index contributed by atoms with van der Waals surface area (Å²) in [4.78, 5) is 4.05. The molecule has 0 N–H and O–H groups in total. The van der Waals surface area contributed by atoms with Crippen molar-refractivity contribution in [1.82, 2.24) is 19.6 Å². The summed E-state index contributed by atoms with van der Waals surface area (Å²) in [7, 11) is 0. The third kappa shape index (κ3) is 1.94. The molecule has 2 heterocycles. The molecule has 0 atom stereocenters. The molecule has 0 aliphatic rings. The first-order chi connectivity index (χ1) is 8.43. The van der Waals surface area contributed by atoms with Crippen LogP contribution in [0, 0.1) is 0 Å². The van der Waals surface area contributed by atoms with Gasteiger partial charge in [-0.05, 0) is 5.56 Å². The van der Waals surface area contributed by atoms with Crippen LogP contribution in [0.4, 0.5) is 0 Å². The zero-order valence-electron chi connectivity index (χ0n) is 9.02. The van der Waals surface area contributed by atoms with Crippen LogP contribution in [0.3, 0.4) is 0 Å². The molecule has 2 aromatic heterocycles. The van der Waals surface area contributed by atoms with Gasteiger partial charge in [0.15, 0.2) is 5.65 Å². The van der Waals surface area contributed by atoms with Crippen LogP contribution in [0.15, 0.2) is 49.1 Å². The number of nitrogens with zero attached hydrogens (tertiary/aromatic N) is 4. The first-order valence-corrected chi connectivity index (χ1v) is 5.24. The van der Waals surface area contributed by atoms with Crippen LogP contribution in [-0.2, 0) is 6.61 Å². The highest BCUT2D eigenvalue weighted by Gasteiger charge is 2.03. The van der Waals surface area contributed by atoms with E-state index in [-0.39, 0.29) is 0 Å². The van der Waals surface area contributed by atoms with E-state index in [9.17, 15) is 0 Å². The summed E-state index contributed by atoms with van der Waals surface area (Å²) in [5, 5.41) is 7.71. The molecule has 0 saturated heterocycles. The minimum absolute atomic E-state index is 0.500. The Balaban J connectivity index is 1.84. The fraction of sp³-hybridized carbons (Fsp3) is 0.0833. The fourth-order valence-electron chi connectivity index (χ4n) is 1.57. The van der Waals surface area contributed by atoms with Gasteiger partial charge in [0.25, 0.3) is 0 Å². The lowest BCUT2D eigenvalue weighted by Gasteiger charge is -2.06. The molecule has 0 radical (unpaired) electrons. The van der Waals surface area contributed by atoms with Crippen LogP contribution in [-0.4, -0.2) is 19.6 Å². The van der Waals surface area contributed by atoms with Gasteiger partial charge >= 0.3 is 0 Å². The van der Waals surface area contributed by atoms with Crippen molar-refractivity contribution in [1.29, 1.82) is 0 Å². The molecule has 0 amide bonds. The molecule has 5 heteroatoms. The Bertz CT molecular complexity index is 620. The third-order valence-corrected chi connectivity index (χ3v) is 2.42. The highest BCUT2D eigenvalue weighted by molar-refractivity contribution is 5.36. The van der Waals surface area contributed by atoms with Crippen molar-refractivity contribution in [3.8, 4) is 5.88 Å². The van der Waals surface area contributed by atoms with Crippen LogP contribution in [0.1, 0.15) is 5.56 Å². The largest absolute Gasteiger partial charge is 0.473 e. The van der Waals surface area contributed by atoms with Gasteiger partial charge in [-0.1, -0.05) is 30.3 Å². The van der Waals surface area contributed by atoms with Gasteiger partial charge in [-0.3, -0.25) is 4.98 Å². The number of fused-ring (bicyclic) bond motifs is 1. The molecule has 0 saturated carbocycles. The van der Waals surface area contributed by atoms with Crippen LogP contribution < -0.4 is 4.74 Å². The van der Waals surface area contributed by atoms with Crippen molar-refractivity contribution in [2.45, 2.75) is 6.61 Å². The van der Waals surface area contributed by atoms with Gasteiger partial charge < -0.3 is 4.74 Å². The van der Waals surface area contributed by atoms with Gasteiger partial charge in [0, 0.05) is 0 Å². The minimum Gasteiger partial charge on any atom is -0.473 e. The summed E-state index contributed by atoms with van der Waals surface area (Å²) in [6, 6.07) is 9.97. The molecule has 0 unspecified atom stereocenters. The topological polar surface area (TPSA) is 52.3 Å². The Labute approximate surface area is 97.7 Å². The summed E-state index contributed by atoms with van der Waals surface area (Å²) in [6.45, 7) is 0.500. The van der Waals surface area contributed by atoms with Crippen molar-refractivity contribution in [3.63, 3.8) is 0 Å². The maximum absolute atomic E-state index is 5.68. The minimum atomic E-state index is 0.500. The van der Waals surface area contributed by atoms with Crippen molar-refractivity contribution < 1.29 is 4.74 Å². The lowest BCUT2D eigenvalue weighted by molar-refractivity contribution is 0.288. The van der Waals surface area contributed by atoms with Gasteiger partial charge in [-0.25, -0.2) is 4.40 Å². The number of benzene rings is 1. The quantitative estimate of drug-likeness (QED) is 0.682. The molecular formula is C12H10N4O. The van der Waals surface area contributed by atoms with E-state index in [0.29, 0.717) is 18.1 Å². The van der Waals surface area contributed by atoms with Gasteiger partial charge in [-0.2, -0.15) is 0 Å². The standard InChI is InChI=1S/C12H10N4O/c1-2-4-10(5-3-1)8-17-12-7-13-6-11-15-14-9-16(11)12/h1-7,9H,8H2. The Kier molecular flexibility index (Phi) is 2.42. The predicted molar refractivity (Wildman–Crippen MR) is 61.6 cm³/mol. The second-order valence-electron chi connectivity index (χ2n) is 3.58.